The highest BCUT2D eigenvalue weighted by Gasteiger charge is 2.48. The summed E-state index contributed by atoms with van der Waals surface area (Å²) in [7, 11) is 0. The van der Waals surface area contributed by atoms with Gasteiger partial charge in [0.25, 0.3) is 11.5 Å². The quantitative estimate of drug-likeness (QED) is 0.276. The summed E-state index contributed by atoms with van der Waals surface area (Å²) in [4.78, 5) is 36.1. The summed E-state index contributed by atoms with van der Waals surface area (Å²) < 4.78 is 42.4. The van der Waals surface area contributed by atoms with Gasteiger partial charge in [-0.05, 0) is 66.1 Å². The Bertz CT molecular complexity index is 1740. The summed E-state index contributed by atoms with van der Waals surface area (Å²) in [5.41, 5.74) is 2.63. The molecule has 1 saturated carbocycles. The average Bonchev–Trinajstić information content (AvgIpc) is 3.82. The van der Waals surface area contributed by atoms with Crippen molar-refractivity contribution in [1.29, 1.82) is 0 Å². The molecule has 6 rings (SSSR count). The molecule has 222 valence electrons. The first-order chi connectivity index (χ1) is 20.5. The van der Waals surface area contributed by atoms with Crippen molar-refractivity contribution in [3.05, 3.63) is 116 Å². The molecule has 0 spiro atoms. The molecule has 2 heterocycles. The Morgan fingerprint density at radius 1 is 1.05 bits per heavy atom. The fourth-order valence-electron chi connectivity index (χ4n) is 5.67. The number of hydrogen-bond acceptors (Lipinski definition) is 5. The monoisotopic (exact) mass is 609 g/mol. The molecule has 1 atom stereocenters. The molecule has 4 aromatic rings. The van der Waals surface area contributed by atoms with Crippen LogP contribution in [0.4, 0.5) is 13.2 Å². The van der Waals surface area contributed by atoms with E-state index in [2.05, 4.69) is 9.72 Å². The number of aromatic nitrogens is 2. The number of alkyl halides is 3. The SMILES string of the molecule is O=C([C@H](O)c1cccc(-c2ccc(Cl)c(OC(F)(F)F)c2)c1)N1CCCc2nc(C3(c4ccccc4)CC3)[nH]c(=O)c2C1. The third-order valence-electron chi connectivity index (χ3n) is 8.06. The van der Waals surface area contributed by atoms with Gasteiger partial charge in [0.2, 0.25) is 0 Å². The topological polar surface area (TPSA) is 95.5 Å². The molecule has 7 nitrogen and oxygen atoms in total. The zero-order valence-electron chi connectivity index (χ0n) is 22.8. The van der Waals surface area contributed by atoms with E-state index in [1.165, 1.54) is 23.1 Å². The molecule has 3 aromatic carbocycles. The van der Waals surface area contributed by atoms with E-state index in [-0.39, 0.29) is 28.1 Å². The van der Waals surface area contributed by atoms with Gasteiger partial charge in [0.1, 0.15) is 11.6 Å². The van der Waals surface area contributed by atoms with Crippen molar-refractivity contribution in [2.45, 2.75) is 50.1 Å². The highest BCUT2D eigenvalue weighted by atomic mass is 35.5. The Labute approximate surface area is 249 Å². The van der Waals surface area contributed by atoms with Crippen molar-refractivity contribution in [3.8, 4) is 16.9 Å². The first-order valence-corrected chi connectivity index (χ1v) is 14.2. The van der Waals surface area contributed by atoms with Crippen LogP contribution in [0, 0.1) is 0 Å². The number of aromatic amines is 1. The number of halogens is 4. The summed E-state index contributed by atoms with van der Waals surface area (Å²) in [6, 6.07) is 20.2. The van der Waals surface area contributed by atoms with Gasteiger partial charge in [0.05, 0.1) is 28.2 Å². The second kappa shape index (κ2) is 11.2. The number of rotatable bonds is 6. The van der Waals surface area contributed by atoms with Crippen molar-refractivity contribution in [3.63, 3.8) is 0 Å². The van der Waals surface area contributed by atoms with Gasteiger partial charge in [0, 0.05) is 6.54 Å². The minimum Gasteiger partial charge on any atom is -0.404 e. The van der Waals surface area contributed by atoms with Crippen LogP contribution in [0.2, 0.25) is 5.02 Å². The first kappa shape index (κ1) is 28.9. The van der Waals surface area contributed by atoms with E-state index >= 15 is 0 Å². The van der Waals surface area contributed by atoms with Crippen LogP contribution >= 0.6 is 11.6 Å². The third kappa shape index (κ3) is 5.89. The maximum absolute atomic E-state index is 13.5. The van der Waals surface area contributed by atoms with Crippen molar-refractivity contribution >= 4 is 17.5 Å². The van der Waals surface area contributed by atoms with Gasteiger partial charge in [0.15, 0.2) is 6.10 Å². The van der Waals surface area contributed by atoms with Crippen LogP contribution in [-0.2, 0) is 23.2 Å². The van der Waals surface area contributed by atoms with Crippen LogP contribution in [0.1, 0.15) is 53.6 Å². The number of nitrogens with one attached hydrogen (secondary N) is 1. The minimum atomic E-state index is -4.92. The summed E-state index contributed by atoms with van der Waals surface area (Å²) in [6.45, 7) is 0.321. The zero-order valence-corrected chi connectivity index (χ0v) is 23.6. The molecule has 43 heavy (non-hydrogen) atoms. The van der Waals surface area contributed by atoms with Crippen LogP contribution in [0.5, 0.6) is 5.75 Å². The fourth-order valence-corrected chi connectivity index (χ4v) is 5.83. The molecule has 0 unspecified atom stereocenters. The number of ether oxygens (including phenoxy) is 1. The molecule has 1 fully saturated rings. The predicted octanol–water partition coefficient (Wildman–Crippen LogP) is 6.08. The number of fused-ring (bicyclic) bond motifs is 1. The molecule has 11 heteroatoms. The lowest BCUT2D eigenvalue weighted by molar-refractivity contribution is -0.274. The maximum atomic E-state index is 13.5. The van der Waals surface area contributed by atoms with E-state index in [1.54, 1.807) is 18.2 Å². The number of carbonyl (C=O) groups is 1. The van der Waals surface area contributed by atoms with Gasteiger partial charge >= 0.3 is 6.36 Å². The number of carbonyl (C=O) groups excluding carboxylic acids is 1. The highest BCUT2D eigenvalue weighted by molar-refractivity contribution is 6.32. The molecule has 1 aromatic heterocycles. The van der Waals surface area contributed by atoms with Crippen LogP contribution < -0.4 is 10.3 Å². The summed E-state index contributed by atoms with van der Waals surface area (Å²) >= 11 is 5.88. The van der Waals surface area contributed by atoms with E-state index in [0.717, 1.165) is 24.5 Å². The molecule has 0 radical (unpaired) electrons. The Kier molecular flexibility index (Phi) is 7.52. The zero-order chi connectivity index (χ0) is 30.4. The number of aliphatic hydroxyl groups excluding tert-OH is 1. The van der Waals surface area contributed by atoms with Crippen molar-refractivity contribution in [2.75, 3.05) is 6.54 Å². The molecule has 2 aliphatic rings. The molecule has 0 bridgehead atoms. The standard InChI is InChI=1S/C32H27ClF3N3O4/c33-24-12-11-20(17-26(24)43-32(34,35)36)19-6-4-7-21(16-19)27(40)29(42)39-15-5-10-25-23(18-39)28(41)38-30(37-25)31(13-14-31)22-8-2-1-3-9-22/h1-4,6-9,11-12,16-17,27,40H,5,10,13-15,18H2,(H,37,38,41)/t27-/m1/s1. The number of H-pyrrole nitrogens is 1. The Morgan fingerprint density at radius 3 is 2.51 bits per heavy atom. The molecule has 1 amide bonds. The number of nitrogens with zero attached hydrogens (tertiary/aromatic N) is 2. The average molecular weight is 610 g/mol. The van der Waals surface area contributed by atoms with Crippen LogP contribution in [0.25, 0.3) is 11.1 Å². The van der Waals surface area contributed by atoms with Gasteiger partial charge in [-0.1, -0.05) is 66.2 Å². The normalized spacial score (nSPS) is 16.6. The molecular formula is C32H27ClF3N3O4. The second-order valence-electron chi connectivity index (χ2n) is 10.9. The number of aryl methyl sites for hydroxylation is 1. The Hall–Kier alpha value is -4.15. The molecule has 2 N–H and O–H groups in total. The number of benzene rings is 3. The molecule has 1 aliphatic heterocycles. The molecule has 0 saturated heterocycles. The lowest BCUT2D eigenvalue weighted by Crippen LogP contribution is -2.36. The van der Waals surface area contributed by atoms with E-state index in [4.69, 9.17) is 16.6 Å². The summed E-state index contributed by atoms with van der Waals surface area (Å²) in [5, 5.41) is 10.9. The van der Waals surface area contributed by atoms with Crippen molar-refractivity contribution < 1.29 is 27.8 Å². The lowest BCUT2D eigenvalue weighted by atomic mass is 9.94. The smallest absolute Gasteiger partial charge is 0.404 e. The maximum Gasteiger partial charge on any atom is 0.573 e. The first-order valence-electron chi connectivity index (χ1n) is 13.8. The second-order valence-corrected chi connectivity index (χ2v) is 11.3. The van der Waals surface area contributed by atoms with E-state index < -0.39 is 24.1 Å². The van der Waals surface area contributed by atoms with Gasteiger partial charge in [-0.15, -0.1) is 13.2 Å². The molecular weight excluding hydrogens is 583 g/mol. The number of aliphatic hydroxyl groups is 1. The predicted molar refractivity (Wildman–Crippen MR) is 154 cm³/mol. The van der Waals surface area contributed by atoms with Gasteiger partial charge in [-0.2, -0.15) is 0 Å². The van der Waals surface area contributed by atoms with E-state index in [0.29, 0.717) is 47.6 Å². The Morgan fingerprint density at radius 2 is 1.79 bits per heavy atom. The summed E-state index contributed by atoms with van der Waals surface area (Å²) in [6.07, 6.45) is -3.61. The fraction of sp³-hybridized carbons (Fsp3) is 0.281. The third-order valence-corrected chi connectivity index (χ3v) is 8.37. The minimum absolute atomic E-state index is 0.00118. The van der Waals surface area contributed by atoms with Gasteiger partial charge < -0.3 is 19.7 Å². The van der Waals surface area contributed by atoms with Crippen LogP contribution in [0.3, 0.4) is 0 Å². The van der Waals surface area contributed by atoms with Crippen molar-refractivity contribution in [2.24, 2.45) is 0 Å². The van der Waals surface area contributed by atoms with Crippen LogP contribution in [0.15, 0.2) is 77.6 Å². The van der Waals surface area contributed by atoms with Gasteiger partial charge in [-0.3, -0.25) is 9.59 Å². The number of amides is 1. The lowest BCUT2D eigenvalue weighted by Gasteiger charge is -2.24. The van der Waals surface area contributed by atoms with E-state index in [1.807, 2.05) is 30.3 Å². The van der Waals surface area contributed by atoms with E-state index in [9.17, 15) is 27.9 Å². The highest BCUT2D eigenvalue weighted by Crippen LogP contribution is 2.52. The Balaban J connectivity index is 1.23. The number of hydrogen-bond donors (Lipinski definition) is 2. The largest absolute Gasteiger partial charge is 0.573 e. The van der Waals surface area contributed by atoms with Crippen molar-refractivity contribution in [1.82, 2.24) is 14.9 Å². The molecule has 1 aliphatic carbocycles. The van der Waals surface area contributed by atoms with Crippen LogP contribution in [-0.4, -0.2) is 38.8 Å². The summed E-state index contributed by atoms with van der Waals surface area (Å²) in [5.74, 6) is -0.506. The van der Waals surface area contributed by atoms with Gasteiger partial charge in [-0.25, -0.2) is 4.98 Å².